The van der Waals surface area contributed by atoms with Crippen molar-refractivity contribution in [3.8, 4) is 29.0 Å². The highest BCUT2D eigenvalue weighted by Gasteiger charge is 2.35. The molecule has 0 radical (unpaired) electrons. The van der Waals surface area contributed by atoms with Gasteiger partial charge in [-0.1, -0.05) is 6.07 Å². The topological polar surface area (TPSA) is 169 Å². The number of rotatable bonds is 10. The molecule has 15 heteroatoms. The molecule has 4 aromatic heterocycles. The highest BCUT2D eigenvalue weighted by atomic mass is 32.2. The van der Waals surface area contributed by atoms with E-state index in [4.69, 9.17) is 14.2 Å². The Hall–Kier alpha value is -4.24. The third-order valence-corrected chi connectivity index (χ3v) is 7.11. The van der Waals surface area contributed by atoms with Crippen molar-refractivity contribution in [1.29, 1.82) is 0 Å². The van der Waals surface area contributed by atoms with Gasteiger partial charge in [0.2, 0.25) is 27.7 Å². The summed E-state index contributed by atoms with van der Waals surface area (Å²) in [5.41, 5.74) is 1.64. The van der Waals surface area contributed by atoms with Crippen molar-refractivity contribution >= 4 is 16.0 Å². The van der Waals surface area contributed by atoms with E-state index in [1.807, 2.05) is 0 Å². The zero-order valence-corrected chi connectivity index (χ0v) is 21.5. The monoisotopic (exact) mass is 527 g/mol. The van der Waals surface area contributed by atoms with Crippen LogP contribution in [0.4, 0.5) is 5.95 Å². The first kappa shape index (κ1) is 25.8. The van der Waals surface area contributed by atoms with E-state index in [1.165, 1.54) is 51.5 Å². The maximum Gasteiger partial charge on any atom is 0.245 e. The first-order chi connectivity index (χ1) is 17.8. The van der Waals surface area contributed by atoms with Gasteiger partial charge in [0.1, 0.15) is 23.4 Å². The van der Waals surface area contributed by atoms with Crippen molar-refractivity contribution in [3.63, 3.8) is 0 Å². The Morgan fingerprint density at radius 3 is 2.24 bits per heavy atom. The molecule has 0 aliphatic carbocycles. The summed E-state index contributed by atoms with van der Waals surface area (Å²) in [5.74, 6) is 0.234. The number of aryl methyl sites for hydroxylation is 1. The minimum atomic E-state index is -4.13. The summed E-state index contributed by atoms with van der Waals surface area (Å²) in [6.45, 7) is 3.27. The molecule has 0 aliphatic heterocycles. The molecule has 14 nitrogen and oxygen atoms in total. The first-order valence-corrected chi connectivity index (χ1v) is 12.5. The minimum Gasteiger partial charge on any atom is -0.479 e. The molecule has 0 saturated carbocycles. The lowest BCUT2D eigenvalue weighted by Gasteiger charge is -2.23. The van der Waals surface area contributed by atoms with Gasteiger partial charge in [0, 0.05) is 19.5 Å². The van der Waals surface area contributed by atoms with E-state index in [-0.39, 0.29) is 29.2 Å². The maximum atomic E-state index is 13.5. The third kappa shape index (κ3) is 5.17. The molecular weight excluding hydrogens is 502 g/mol. The maximum absolute atomic E-state index is 13.5. The molecule has 194 valence electrons. The predicted molar refractivity (Wildman–Crippen MR) is 132 cm³/mol. The molecule has 0 bridgehead atoms. The second-order valence-corrected chi connectivity index (χ2v) is 9.77. The van der Waals surface area contributed by atoms with E-state index in [9.17, 15) is 8.42 Å². The second kappa shape index (κ2) is 10.8. The summed E-state index contributed by atoms with van der Waals surface area (Å²) in [6, 6.07) is 5.19. The summed E-state index contributed by atoms with van der Waals surface area (Å²) in [4.78, 5) is 21.1. The van der Waals surface area contributed by atoms with Crippen molar-refractivity contribution in [2.24, 2.45) is 0 Å². The molecule has 0 amide bonds. The minimum absolute atomic E-state index is 0.0991. The molecule has 4 rings (SSSR count). The van der Waals surface area contributed by atoms with E-state index in [0.29, 0.717) is 17.1 Å². The molecule has 0 fully saturated rings. The number of hydrogen-bond donors (Lipinski definition) is 1. The number of methoxy groups -OCH3 is 3. The first-order valence-electron chi connectivity index (χ1n) is 10.9. The van der Waals surface area contributed by atoms with Gasteiger partial charge in [-0.3, -0.25) is 19.7 Å². The number of nitrogens with one attached hydrogen (secondary N) is 1. The largest absolute Gasteiger partial charge is 0.479 e. The number of nitrogens with zero attached hydrogens (tertiary/aromatic N) is 8. The summed E-state index contributed by atoms with van der Waals surface area (Å²) in [6.07, 6.45) is 4.93. The van der Waals surface area contributed by atoms with Gasteiger partial charge in [0.25, 0.3) is 0 Å². The molecule has 37 heavy (non-hydrogen) atoms. The highest BCUT2D eigenvalue weighted by molar-refractivity contribution is 7.93. The molecule has 4 heterocycles. The fraction of sp³-hybridized carbons (Fsp3) is 0.318. The van der Waals surface area contributed by atoms with Crippen LogP contribution in [0.5, 0.6) is 11.8 Å². The van der Waals surface area contributed by atoms with Crippen LogP contribution in [0.15, 0.2) is 43.1 Å². The standard InChI is InChI=1S/C22H25N9O5S/c1-13-10-25-16(11-24-13)18(34-3)14(2)37(32,33)30-22-29-28-19(15-8-6-7-9-23-15)31(22)17-20(35-4)26-12-27-21(17)36-5/h6-12,14,18H,1-5H3,(H,29,30)/t14-,18-/m0/s1. The zero-order valence-electron chi connectivity index (χ0n) is 20.7. The third-order valence-electron chi connectivity index (χ3n) is 5.42. The normalized spacial score (nSPS) is 13.1. The number of aromatic nitrogens is 8. The predicted octanol–water partition coefficient (Wildman–Crippen LogP) is 1.75. The van der Waals surface area contributed by atoms with Gasteiger partial charge < -0.3 is 14.2 Å². The van der Waals surface area contributed by atoms with Gasteiger partial charge in [-0.25, -0.2) is 13.0 Å². The summed E-state index contributed by atoms with van der Waals surface area (Å²) in [7, 11) is 0.0903. The van der Waals surface area contributed by atoms with Crippen LogP contribution in [0.3, 0.4) is 0 Å². The van der Waals surface area contributed by atoms with Crippen LogP contribution in [-0.2, 0) is 14.8 Å². The van der Waals surface area contributed by atoms with Crippen LogP contribution in [0, 0.1) is 6.92 Å². The molecule has 0 aliphatic rings. The van der Waals surface area contributed by atoms with Gasteiger partial charge in [-0.05, 0) is 26.0 Å². The van der Waals surface area contributed by atoms with E-state index in [0.717, 1.165) is 0 Å². The van der Waals surface area contributed by atoms with Crippen LogP contribution in [0.25, 0.3) is 17.2 Å². The number of anilines is 1. The molecule has 4 aromatic rings. The number of pyridine rings is 1. The van der Waals surface area contributed by atoms with Crippen molar-refractivity contribution in [1.82, 2.24) is 39.7 Å². The lowest BCUT2D eigenvalue weighted by Crippen LogP contribution is -2.33. The summed E-state index contributed by atoms with van der Waals surface area (Å²) < 4.78 is 47.3. The van der Waals surface area contributed by atoms with E-state index in [1.54, 1.807) is 31.3 Å². The smallest absolute Gasteiger partial charge is 0.245 e. The molecule has 0 saturated heterocycles. The number of sulfonamides is 1. The van der Waals surface area contributed by atoms with E-state index in [2.05, 4.69) is 39.8 Å². The van der Waals surface area contributed by atoms with Crippen LogP contribution < -0.4 is 14.2 Å². The SMILES string of the molecule is COc1ncnc(OC)c1-n1c(NS(=O)(=O)[C@@H](C)[C@H](OC)c2cnc(C)cn2)nnc1-c1ccccn1. The zero-order chi connectivity index (χ0) is 26.6. The van der Waals surface area contributed by atoms with Gasteiger partial charge in [-0.15, -0.1) is 10.2 Å². The highest BCUT2D eigenvalue weighted by Crippen LogP contribution is 2.35. The lowest BCUT2D eigenvalue weighted by molar-refractivity contribution is 0.0985. The molecule has 0 unspecified atom stereocenters. The number of ether oxygens (including phenoxy) is 3. The fourth-order valence-electron chi connectivity index (χ4n) is 3.55. The Labute approximate surface area is 213 Å². The van der Waals surface area contributed by atoms with E-state index >= 15 is 0 Å². The van der Waals surface area contributed by atoms with Crippen LogP contribution in [0.1, 0.15) is 24.4 Å². The summed E-state index contributed by atoms with van der Waals surface area (Å²) in [5, 5.41) is 7.19. The quantitative estimate of drug-likeness (QED) is 0.317. The van der Waals surface area contributed by atoms with Crippen molar-refractivity contribution in [2.45, 2.75) is 25.2 Å². The van der Waals surface area contributed by atoms with Crippen molar-refractivity contribution in [3.05, 3.63) is 54.5 Å². The second-order valence-electron chi connectivity index (χ2n) is 7.73. The Bertz CT molecular complexity index is 1440. The van der Waals surface area contributed by atoms with Gasteiger partial charge in [0.05, 0.1) is 31.8 Å². The van der Waals surface area contributed by atoms with E-state index < -0.39 is 21.4 Å². The Kier molecular flexibility index (Phi) is 7.54. The molecule has 0 spiro atoms. The lowest BCUT2D eigenvalue weighted by atomic mass is 10.2. The average Bonchev–Trinajstić information content (AvgIpc) is 3.32. The fourth-order valence-corrected chi connectivity index (χ4v) is 4.69. The van der Waals surface area contributed by atoms with Crippen LogP contribution in [-0.4, -0.2) is 74.7 Å². The Morgan fingerprint density at radius 1 is 0.946 bits per heavy atom. The van der Waals surface area contributed by atoms with Crippen LogP contribution in [0.2, 0.25) is 0 Å². The molecule has 2 atom stereocenters. The molecule has 0 aromatic carbocycles. The van der Waals surface area contributed by atoms with Crippen LogP contribution >= 0.6 is 0 Å². The summed E-state index contributed by atoms with van der Waals surface area (Å²) >= 11 is 0. The van der Waals surface area contributed by atoms with Crippen molar-refractivity contribution < 1.29 is 22.6 Å². The van der Waals surface area contributed by atoms with Gasteiger partial charge in [-0.2, -0.15) is 9.97 Å². The number of hydrogen-bond acceptors (Lipinski definition) is 12. The average molecular weight is 528 g/mol. The van der Waals surface area contributed by atoms with Gasteiger partial charge in [0.15, 0.2) is 11.5 Å². The molecule has 1 N–H and O–H groups in total. The van der Waals surface area contributed by atoms with Gasteiger partial charge >= 0.3 is 0 Å². The Morgan fingerprint density at radius 2 is 1.68 bits per heavy atom. The Balaban J connectivity index is 1.83. The molecular formula is C22H25N9O5S. The van der Waals surface area contributed by atoms with Crippen molar-refractivity contribution in [2.75, 3.05) is 26.1 Å².